The molecule has 0 bridgehead atoms. The normalized spacial score (nSPS) is 10.7. The highest BCUT2D eigenvalue weighted by Crippen LogP contribution is 2.24. The Morgan fingerprint density at radius 1 is 1.37 bits per heavy atom. The number of rotatable bonds is 7. The molecule has 6 nitrogen and oxygen atoms in total. The number of thiazole rings is 1. The van der Waals surface area contributed by atoms with Crippen molar-refractivity contribution in [2.75, 3.05) is 11.9 Å². The fourth-order valence-corrected chi connectivity index (χ4v) is 3.64. The van der Waals surface area contributed by atoms with Gasteiger partial charge in [0.15, 0.2) is 5.13 Å². The van der Waals surface area contributed by atoms with E-state index in [4.69, 9.17) is 4.74 Å². The summed E-state index contributed by atoms with van der Waals surface area (Å²) >= 11 is 1.11. The maximum Gasteiger partial charge on any atom is 0.350 e. The van der Waals surface area contributed by atoms with Crippen LogP contribution in [0.4, 0.5) is 5.13 Å². The lowest BCUT2D eigenvalue weighted by Gasteiger charge is -2.06. The van der Waals surface area contributed by atoms with Gasteiger partial charge in [-0.25, -0.2) is 9.78 Å². The average molecular weight is 383 g/mol. The number of aryl methyl sites for hydroxylation is 2. The lowest BCUT2D eigenvalue weighted by molar-refractivity contribution is -0.116. The third kappa shape index (κ3) is 4.25. The molecule has 0 aliphatic heterocycles. The van der Waals surface area contributed by atoms with Crippen LogP contribution in [0, 0.1) is 6.92 Å². The standard InChI is InChI=1S/C20H21N3O3S/c1-4-10-26-19(25)18-13(3)21-20(27-18)22-17(24)12-23-9-8-15-11-14(5-2)6-7-16(15)23/h4,6-9,11H,1,5,10,12H2,2-3H3,(H,21,22,24). The molecule has 27 heavy (non-hydrogen) atoms. The molecule has 7 heteroatoms. The molecule has 140 valence electrons. The fraction of sp³-hybridized carbons (Fsp3) is 0.250. The molecule has 1 amide bonds. The summed E-state index contributed by atoms with van der Waals surface area (Å²) in [5.74, 6) is -0.666. The van der Waals surface area contributed by atoms with Crippen LogP contribution in [0.25, 0.3) is 10.9 Å². The Balaban J connectivity index is 1.69. The van der Waals surface area contributed by atoms with Gasteiger partial charge in [-0.2, -0.15) is 0 Å². The molecule has 1 aromatic carbocycles. The minimum Gasteiger partial charge on any atom is -0.457 e. The van der Waals surface area contributed by atoms with Crippen molar-refractivity contribution in [2.45, 2.75) is 26.8 Å². The van der Waals surface area contributed by atoms with E-state index in [-0.39, 0.29) is 19.1 Å². The number of fused-ring (bicyclic) bond motifs is 1. The molecule has 0 aliphatic carbocycles. The van der Waals surface area contributed by atoms with Gasteiger partial charge in [0, 0.05) is 11.7 Å². The van der Waals surface area contributed by atoms with E-state index in [0.717, 1.165) is 28.7 Å². The maximum absolute atomic E-state index is 12.4. The number of nitrogens with zero attached hydrogens (tertiary/aromatic N) is 2. The molecule has 0 fully saturated rings. The van der Waals surface area contributed by atoms with E-state index in [1.807, 2.05) is 22.9 Å². The Kier molecular flexibility index (Phi) is 5.71. The number of carbonyl (C=O) groups excluding carboxylic acids is 2. The third-order valence-electron chi connectivity index (χ3n) is 4.12. The zero-order valence-corrected chi connectivity index (χ0v) is 16.1. The second-order valence-corrected chi connectivity index (χ2v) is 7.06. The molecule has 1 N–H and O–H groups in total. The predicted octanol–water partition coefficient (Wildman–Crippen LogP) is 3.95. The Hall–Kier alpha value is -2.93. The van der Waals surface area contributed by atoms with Gasteiger partial charge in [0.25, 0.3) is 0 Å². The molecule has 0 unspecified atom stereocenters. The maximum atomic E-state index is 12.4. The van der Waals surface area contributed by atoms with Crippen molar-refractivity contribution >= 4 is 39.2 Å². The summed E-state index contributed by atoms with van der Waals surface area (Å²) < 4.78 is 6.92. The van der Waals surface area contributed by atoms with Crippen LogP contribution in [0.5, 0.6) is 0 Å². The zero-order chi connectivity index (χ0) is 19.4. The quantitative estimate of drug-likeness (QED) is 0.495. The number of hydrogen-bond acceptors (Lipinski definition) is 5. The molecule has 2 aromatic heterocycles. The van der Waals surface area contributed by atoms with Crippen LogP contribution in [-0.2, 0) is 22.5 Å². The molecular weight excluding hydrogens is 362 g/mol. The van der Waals surface area contributed by atoms with Crippen LogP contribution in [0.2, 0.25) is 0 Å². The highest BCUT2D eigenvalue weighted by molar-refractivity contribution is 7.17. The van der Waals surface area contributed by atoms with Crippen molar-refractivity contribution in [3.8, 4) is 0 Å². The minimum atomic E-state index is -0.464. The van der Waals surface area contributed by atoms with Crippen LogP contribution < -0.4 is 5.32 Å². The lowest BCUT2D eigenvalue weighted by Crippen LogP contribution is -2.18. The van der Waals surface area contributed by atoms with Crippen molar-refractivity contribution < 1.29 is 14.3 Å². The van der Waals surface area contributed by atoms with Crippen molar-refractivity contribution in [1.82, 2.24) is 9.55 Å². The highest BCUT2D eigenvalue weighted by atomic mass is 32.1. The molecule has 3 aromatic rings. The second kappa shape index (κ2) is 8.18. The summed E-state index contributed by atoms with van der Waals surface area (Å²) in [6, 6.07) is 8.24. The molecular formula is C20H21N3O3S. The molecule has 3 rings (SSSR count). The summed E-state index contributed by atoms with van der Waals surface area (Å²) in [6.45, 7) is 7.64. The monoisotopic (exact) mass is 383 g/mol. The number of carbonyl (C=O) groups is 2. The van der Waals surface area contributed by atoms with Gasteiger partial charge < -0.3 is 14.6 Å². The Labute approximate surface area is 161 Å². The van der Waals surface area contributed by atoms with E-state index in [0.29, 0.717) is 15.7 Å². The van der Waals surface area contributed by atoms with Crippen molar-refractivity contribution in [3.63, 3.8) is 0 Å². The molecule has 2 heterocycles. The molecule has 0 saturated carbocycles. The zero-order valence-electron chi connectivity index (χ0n) is 15.3. The number of aromatic nitrogens is 2. The van der Waals surface area contributed by atoms with E-state index in [1.165, 1.54) is 11.6 Å². The van der Waals surface area contributed by atoms with Crippen molar-refractivity contribution in [3.05, 3.63) is 59.3 Å². The Bertz CT molecular complexity index is 1000. The first-order chi connectivity index (χ1) is 13.0. The van der Waals surface area contributed by atoms with Gasteiger partial charge in [0.1, 0.15) is 18.0 Å². The van der Waals surface area contributed by atoms with Crippen LogP contribution in [0.15, 0.2) is 43.1 Å². The van der Waals surface area contributed by atoms with Gasteiger partial charge in [-0.15, -0.1) is 0 Å². The topological polar surface area (TPSA) is 73.2 Å². The molecule has 0 saturated heterocycles. The molecule has 0 atom stereocenters. The summed E-state index contributed by atoms with van der Waals surface area (Å²) in [5, 5.41) is 4.25. The van der Waals surface area contributed by atoms with E-state index >= 15 is 0 Å². The first-order valence-electron chi connectivity index (χ1n) is 8.65. The molecule has 0 aliphatic rings. The number of benzene rings is 1. The van der Waals surface area contributed by atoms with Gasteiger partial charge >= 0.3 is 5.97 Å². The summed E-state index contributed by atoms with van der Waals surface area (Å²) in [6.07, 6.45) is 4.37. The fourth-order valence-electron chi connectivity index (χ4n) is 2.76. The van der Waals surface area contributed by atoms with Gasteiger partial charge in [-0.3, -0.25) is 4.79 Å². The molecule has 0 radical (unpaired) electrons. The minimum absolute atomic E-state index is 0.137. The first kappa shape index (κ1) is 18.8. The summed E-state index contributed by atoms with van der Waals surface area (Å²) in [5.41, 5.74) is 2.80. The van der Waals surface area contributed by atoms with E-state index in [2.05, 4.69) is 35.9 Å². The number of esters is 1. The van der Waals surface area contributed by atoms with Crippen LogP contribution in [0.1, 0.15) is 27.9 Å². The Morgan fingerprint density at radius 3 is 2.93 bits per heavy atom. The smallest absolute Gasteiger partial charge is 0.350 e. The van der Waals surface area contributed by atoms with Gasteiger partial charge in [-0.1, -0.05) is 37.0 Å². The number of amides is 1. The van der Waals surface area contributed by atoms with Crippen molar-refractivity contribution in [1.29, 1.82) is 0 Å². The van der Waals surface area contributed by atoms with Crippen LogP contribution >= 0.6 is 11.3 Å². The van der Waals surface area contributed by atoms with Gasteiger partial charge in [0.2, 0.25) is 5.91 Å². The summed E-state index contributed by atoms with van der Waals surface area (Å²) in [7, 11) is 0. The number of ether oxygens (including phenoxy) is 1. The van der Waals surface area contributed by atoms with Crippen molar-refractivity contribution in [2.24, 2.45) is 0 Å². The number of hydrogen-bond donors (Lipinski definition) is 1. The van der Waals surface area contributed by atoms with E-state index < -0.39 is 5.97 Å². The highest BCUT2D eigenvalue weighted by Gasteiger charge is 2.18. The third-order valence-corrected chi connectivity index (χ3v) is 5.17. The average Bonchev–Trinajstić information content (AvgIpc) is 3.22. The van der Waals surface area contributed by atoms with Gasteiger partial charge in [-0.05, 0) is 42.5 Å². The van der Waals surface area contributed by atoms with Crippen LogP contribution in [0.3, 0.4) is 0 Å². The largest absolute Gasteiger partial charge is 0.457 e. The van der Waals surface area contributed by atoms with Gasteiger partial charge in [0.05, 0.1) is 5.69 Å². The number of nitrogens with one attached hydrogen (secondary N) is 1. The number of anilines is 1. The van der Waals surface area contributed by atoms with E-state index in [9.17, 15) is 9.59 Å². The second-order valence-electron chi connectivity index (χ2n) is 6.06. The summed E-state index contributed by atoms with van der Waals surface area (Å²) in [4.78, 5) is 29.0. The molecule has 0 spiro atoms. The Morgan fingerprint density at radius 2 is 2.19 bits per heavy atom. The lowest BCUT2D eigenvalue weighted by atomic mass is 10.1. The SMILES string of the molecule is C=CCOC(=O)c1sc(NC(=O)Cn2ccc3cc(CC)ccc32)nc1C. The first-order valence-corrected chi connectivity index (χ1v) is 9.46. The predicted molar refractivity (Wildman–Crippen MR) is 107 cm³/mol. The van der Waals surface area contributed by atoms with E-state index in [1.54, 1.807) is 6.92 Å². The van der Waals surface area contributed by atoms with Crippen LogP contribution in [-0.4, -0.2) is 28.0 Å².